The molecule has 15 heavy (non-hydrogen) atoms. The fourth-order valence-electron chi connectivity index (χ4n) is 1.16. The van der Waals surface area contributed by atoms with Gasteiger partial charge in [-0.05, 0) is 34.1 Å². The molecule has 0 atom stereocenters. The quantitative estimate of drug-likeness (QED) is 0.921. The Balaban J connectivity index is 2.44. The maximum Gasteiger partial charge on any atom is 0.109 e. The third-order valence-corrected chi connectivity index (χ3v) is 2.73. The fourth-order valence-corrected chi connectivity index (χ4v) is 2.02. The lowest BCUT2D eigenvalue weighted by molar-refractivity contribution is 0.276. The summed E-state index contributed by atoms with van der Waals surface area (Å²) in [6.07, 6.45) is 1.66. The van der Waals surface area contributed by atoms with Crippen molar-refractivity contribution in [2.75, 3.05) is 0 Å². The second kappa shape index (κ2) is 4.30. The van der Waals surface area contributed by atoms with Crippen molar-refractivity contribution >= 4 is 27.5 Å². The molecule has 6 heteroatoms. The summed E-state index contributed by atoms with van der Waals surface area (Å²) in [5.41, 5.74) is 1.35. The molecule has 0 aliphatic heterocycles. The monoisotopic (exact) mass is 287 g/mol. The molecule has 1 aromatic carbocycles. The van der Waals surface area contributed by atoms with Crippen LogP contribution in [0, 0.1) is 0 Å². The molecule has 0 fully saturated rings. The van der Waals surface area contributed by atoms with Crippen molar-refractivity contribution in [2.45, 2.75) is 6.61 Å². The Morgan fingerprint density at radius 3 is 2.87 bits per heavy atom. The van der Waals surface area contributed by atoms with Crippen molar-refractivity contribution in [3.8, 4) is 5.69 Å². The molecule has 0 aliphatic rings. The number of aliphatic hydroxyl groups excluding tert-OH is 1. The molecule has 1 aromatic heterocycles. The van der Waals surface area contributed by atoms with Crippen LogP contribution in [0.1, 0.15) is 5.69 Å². The van der Waals surface area contributed by atoms with Crippen molar-refractivity contribution in [3.05, 3.63) is 39.6 Å². The van der Waals surface area contributed by atoms with Crippen LogP contribution >= 0.6 is 27.5 Å². The fraction of sp³-hybridized carbons (Fsp3) is 0.111. The van der Waals surface area contributed by atoms with E-state index in [4.69, 9.17) is 16.7 Å². The number of hydrogen-bond acceptors (Lipinski definition) is 3. The summed E-state index contributed by atoms with van der Waals surface area (Å²) in [6, 6.07) is 5.36. The van der Waals surface area contributed by atoms with E-state index in [2.05, 4.69) is 26.2 Å². The van der Waals surface area contributed by atoms with Crippen LogP contribution in [-0.2, 0) is 6.61 Å². The smallest absolute Gasteiger partial charge is 0.109 e. The highest BCUT2D eigenvalue weighted by molar-refractivity contribution is 9.10. The first-order valence-electron chi connectivity index (χ1n) is 4.18. The third-order valence-electron chi connectivity index (χ3n) is 1.86. The summed E-state index contributed by atoms with van der Waals surface area (Å²) in [5, 5.41) is 17.2. The highest BCUT2D eigenvalue weighted by Crippen LogP contribution is 2.24. The van der Waals surface area contributed by atoms with E-state index in [-0.39, 0.29) is 6.61 Å². The second-order valence-corrected chi connectivity index (χ2v) is 4.20. The van der Waals surface area contributed by atoms with Crippen LogP contribution in [0.15, 0.2) is 28.9 Å². The molecule has 0 amide bonds. The Kier molecular flexibility index (Phi) is 3.04. The van der Waals surface area contributed by atoms with E-state index in [1.165, 1.54) is 0 Å². The molecular weight excluding hydrogens is 281 g/mol. The first kappa shape index (κ1) is 10.6. The predicted octanol–water partition coefficient (Wildman–Crippen LogP) is 2.18. The van der Waals surface area contributed by atoms with E-state index in [0.29, 0.717) is 10.7 Å². The van der Waals surface area contributed by atoms with E-state index in [9.17, 15) is 0 Å². The first-order chi connectivity index (χ1) is 7.20. The van der Waals surface area contributed by atoms with Gasteiger partial charge in [0.1, 0.15) is 5.69 Å². The Morgan fingerprint density at radius 2 is 2.27 bits per heavy atom. The highest BCUT2D eigenvalue weighted by atomic mass is 79.9. The van der Waals surface area contributed by atoms with E-state index >= 15 is 0 Å². The zero-order valence-corrected chi connectivity index (χ0v) is 9.90. The van der Waals surface area contributed by atoms with Crippen LogP contribution in [0.25, 0.3) is 5.69 Å². The van der Waals surface area contributed by atoms with E-state index in [1.807, 2.05) is 6.07 Å². The zero-order chi connectivity index (χ0) is 10.8. The molecule has 4 nitrogen and oxygen atoms in total. The van der Waals surface area contributed by atoms with Crippen molar-refractivity contribution in [2.24, 2.45) is 0 Å². The molecule has 0 spiro atoms. The molecule has 1 N–H and O–H groups in total. The molecule has 0 bridgehead atoms. The van der Waals surface area contributed by atoms with Crippen LogP contribution in [0.5, 0.6) is 0 Å². The van der Waals surface area contributed by atoms with Gasteiger partial charge in [-0.1, -0.05) is 16.8 Å². The average Bonchev–Trinajstić information content (AvgIpc) is 2.66. The summed E-state index contributed by atoms with van der Waals surface area (Å²) in [4.78, 5) is 0. The summed E-state index contributed by atoms with van der Waals surface area (Å²) < 4.78 is 2.40. The molecular formula is C9H7BrClN3O. The minimum atomic E-state index is -0.120. The van der Waals surface area contributed by atoms with Gasteiger partial charge >= 0.3 is 0 Å². The van der Waals surface area contributed by atoms with Crippen LogP contribution in [-0.4, -0.2) is 20.1 Å². The summed E-state index contributed by atoms with van der Waals surface area (Å²) in [5.74, 6) is 0. The van der Waals surface area contributed by atoms with Gasteiger partial charge in [0, 0.05) is 9.50 Å². The lowest BCUT2D eigenvalue weighted by Gasteiger charge is -2.02. The SMILES string of the molecule is OCc1cn(-c2ccc(Cl)cc2Br)nn1. The van der Waals surface area contributed by atoms with Crippen molar-refractivity contribution < 1.29 is 5.11 Å². The van der Waals surface area contributed by atoms with Crippen LogP contribution in [0.3, 0.4) is 0 Å². The Morgan fingerprint density at radius 1 is 1.47 bits per heavy atom. The maximum absolute atomic E-state index is 8.86. The molecule has 0 saturated carbocycles. The van der Waals surface area contributed by atoms with Gasteiger partial charge < -0.3 is 5.11 Å². The minimum Gasteiger partial charge on any atom is -0.390 e. The van der Waals surface area contributed by atoms with Gasteiger partial charge in [0.15, 0.2) is 0 Å². The molecule has 0 radical (unpaired) electrons. The Bertz CT molecular complexity index is 486. The number of hydrogen-bond donors (Lipinski definition) is 1. The van der Waals surface area contributed by atoms with Gasteiger partial charge in [-0.25, -0.2) is 4.68 Å². The van der Waals surface area contributed by atoms with E-state index in [0.717, 1.165) is 10.2 Å². The number of rotatable bonds is 2. The van der Waals surface area contributed by atoms with Gasteiger partial charge in [0.25, 0.3) is 0 Å². The molecule has 1 heterocycles. The molecule has 0 unspecified atom stereocenters. The van der Waals surface area contributed by atoms with Gasteiger partial charge in [0.2, 0.25) is 0 Å². The Hall–Kier alpha value is -0.910. The third kappa shape index (κ3) is 2.19. The number of aromatic nitrogens is 3. The van der Waals surface area contributed by atoms with Crippen LogP contribution < -0.4 is 0 Å². The highest BCUT2D eigenvalue weighted by Gasteiger charge is 2.05. The van der Waals surface area contributed by atoms with Crippen molar-refractivity contribution in [1.29, 1.82) is 0 Å². The van der Waals surface area contributed by atoms with Gasteiger partial charge in [-0.15, -0.1) is 5.10 Å². The van der Waals surface area contributed by atoms with Gasteiger partial charge in [0.05, 0.1) is 18.5 Å². The number of nitrogens with zero attached hydrogens (tertiary/aromatic N) is 3. The molecule has 2 rings (SSSR count). The normalized spacial score (nSPS) is 10.6. The van der Waals surface area contributed by atoms with Gasteiger partial charge in [-0.2, -0.15) is 0 Å². The lowest BCUT2D eigenvalue weighted by Crippen LogP contribution is -1.95. The van der Waals surface area contributed by atoms with Crippen molar-refractivity contribution in [3.63, 3.8) is 0 Å². The summed E-state index contributed by atoms with van der Waals surface area (Å²) in [6.45, 7) is -0.120. The minimum absolute atomic E-state index is 0.120. The Labute approximate surface area is 99.6 Å². The average molecular weight is 289 g/mol. The number of aliphatic hydroxyl groups is 1. The van der Waals surface area contributed by atoms with E-state index in [1.54, 1.807) is 23.0 Å². The first-order valence-corrected chi connectivity index (χ1v) is 5.35. The lowest BCUT2D eigenvalue weighted by atomic mass is 10.3. The summed E-state index contributed by atoms with van der Waals surface area (Å²) >= 11 is 9.20. The molecule has 0 aliphatic carbocycles. The standard InChI is InChI=1S/C9H7BrClN3O/c10-8-3-6(11)1-2-9(8)14-4-7(5-15)12-13-14/h1-4,15H,5H2. The van der Waals surface area contributed by atoms with Crippen molar-refractivity contribution in [1.82, 2.24) is 15.0 Å². The zero-order valence-electron chi connectivity index (χ0n) is 7.56. The number of halogens is 2. The topological polar surface area (TPSA) is 50.9 Å². The van der Waals surface area contributed by atoms with Crippen LogP contribution in [0.2, 0.25) is 5.02 Å². The van der Waals surface area contributed by atoms with E-state index < -0.39 is 0 Å². The summed E-state index contributed by atoms with van der Waals surface area (Å²) in [7, 11) is 0. The molecule has 0 saturated heterocycles. The van der Waals surface area contributed by atoms with Gasteiger partial charge in [-0.3, -0.25) is 0 Å². The predicted molar refractivity (Wildman–Crippen MR) is 60.0 cm³/mol. The maximum atomic E-state index is 8.86. The number of benzene rings is 1. The molecule has 2 aromatic rings. The molecule has 78 valence electrons. The largest absolute Gasteiger partial charge is 0.390 e. The second-order valence-electron chi connectivity index (χ2n) is 2.91. The van der Waals surface area contributed by atoms with Crippen LogP contribution in [0.4, 0.5) is 0 Å².